The third-order valence-electron chi connectivity index (χ3n) is 9.11. The number of carbonyl (C=O) groups is 1. The van der Waals surface area contributed by atoms with Crippen LogP contribution in [0.2, 0.25) is 0 Å². The van der Waals surface area contributed by atoms with E-state index in [-0.39, 0.29) is 0 Å². The molecule has 0 saturated carbocycles. The average Bonchev–Trinajstić information content (AvgIpc) is 2.98. The van der Waals surface area contributed by atoms with Crippen LogP contribution in [-0.2, 0) is 12.8 Å². The Bertz CT molecular complexity index is 703. The van der Waals surface area contributed by atoms with Crippen LogP contribution in [0.25, 0.3) is 0 Å². The summed E-state index contributed by atoms with van der Waals surface area (Å²) < 4.78 is 0. The Hall–Kier alpha value is -1.51. The number of hydrogen-bond donors (Lipinski definition) is 2. The highest BCUT2D eigenvalue weighted by atomic mass is 16.4. The molecule has 0 aliphatic carbocycles. The van der Waals surface area contributed by atoms with Gasteiger partial charge in [-0.05, 0) is 48.9 Å². The van der Waals surface area contributed by atoms with Gasteiger partial charge in [0, 0.05) is 0 Å². The Morgan fingerprint density at radius 1 is 0.452 bits per heavy atom. The molecule has 2 N–H and O–H groups in total. The molecule has 0 heterocycles. The lowest BCUT2D eigenvalue weighted by atomic mass is 9.95. The van der Waals surface area contributed by atoms with Crippen LogP contribution in [0.15, 0.2) is 12.1 Å². The number of phenolic OH excluding ortho intramolecular Hbond substituents is 1. The number of benzene rings is 1. The fourth-order valence-corrected chi connectivity index (χ4v) is 6.28. The second-order valence-electron chi connectivity index (χ2n) is 13.1. The van der Waals surface area contributed by atoms with Gasteiger partial charge in [0.15, 0.2) is 0 Å². The van der Waals surface area contributed by atoms with Crippen molar-refractivity contribution in [1.82, 2.24) is 0 Å². The van der Waals surface area contributed by atoms with Gasteiger partial charge >= 0.3 is 5.97 Å². The SMILES string of the molecule is CCCCCCCCCCCCCCCCc1cc(C(=O)O)cc(CCCCCCCCCCCCCCCC)c1O. The Morgan fingerprint density at radius 2 is 0.690 bits per heavy atom. The molecular formula is C39H70O3. The average molecular weight is 587 g/mol. The second-order valence-corrected chi connectivity index (χ2v) is 13.1. The molecule has 0 fully saturated rings. The summed E-state index contributed by atoms with van der Waals surface area (Å²) in [5.74, 6) is -0.538. The summed E-state index contributed by atoms with van der Waals surface area (Å²) in [6.45, 7) is 4.55. The van der Waals surface area contributed by atoms with E-state index >= 15 is 0 Å². The van der Waals surface area contributed by atoms with Gasteiger partial charge < -0.3 is 10.2 Å². The normalized spacial score (nSPS) is 11.4. The molecule has 0 saturated heterocycles. The van der Waals surface area contributed by atoms with E-state index in [2.05, 4.69) is 13.8 Å². The predicted octanol–water partition coefficient (Wildman–Crippen LogP) is 13.1. The molecule has 42 heavy (non-hydrogen) atoms. The van der Waals surface area contributed by atoms with Gasteiger partial charge in [-0.15, -0.1) is 0 Å². The quantitative estimate of drug-likeness (QED) is 0.0851. The van der Waals surface area contributed by atoms with Crippen LogP contribution in [0, 0.1) is 0 Å². The molecule has 0 atom stereocenters. The highest BCUT2D eigenvalue weighted by Gasteiger charge is 2.13. The summed E-state index contributed by atoms with van der Waals surface area (Å²) >= 11 is 0. The van der Waals surface area contributed by atoms with Gasteiger partial charge in [0.05, 0.1) is 5.56 Å². The molecule has 0 radical (unpaired) electrons. The smallest absolute Gasteiger partial charge is 0.335 e. The van der Waals surface area contributed by atoms with Gasteiger partial charge in [-0.1, -0.05) is 181 Å². The summed E-state index contributed by atoms with van der Waals surface area (Å²) in [7, 11) is 0. The summed E-state index contributed by atoms with van der Waals surface area (Å²) in [6, 6.07) is 3.41. The number of carboxylic acids is 1. The fourth-order valence-electron chi connectivity index (χ4n) is 6.28. The van der Waals surface area contributed by atoms with Gasteiger partial charge in [-0.2, -0.15) is 0 Å². The van der Waals surface area contributed by atoms with Crippen LogP contribution >= 0.6 is 0 Å². The van der Waals surface area contributed by atoms with E-state index in [1.54, 1.807) is 12.1 Å². The van der Waals surface area contributed by atoms with Crippen LogP contribution in [0.1, 0.15) is 215 Å². The fraction of sp³-hybridized carbons (Fsp3) is 0.821. The maximum Gasteiger partial charge on any atom is 0.335 e. The van der Waals surface area contributed by atoms with Gasteiger partial charge in [-0.25, -0.2) is 4.79 Å². The molecule has 0 aliphatic heterocycles. The third-order valence-corrected chi connectivity index (χ3v) is 9.11. The summed E-state index contributed by atoms with van der Waals surface area (Å²) in [5, 5.41) is 20.5. The molecular weight excluding hydrogens is 516 g/mol. The van der Waals surface area contributed by atoms with E-state index in [0.717, 1.165) is 49.7 Å². The molecule has 0 unspecified atom stereocenters. The van der Waals surface area contributed by atoms with Crippen molar-refractivity contribution in [2.75, 3.05) is 0 Å². The molecule has 1 rings (SSSR count). The second kappa shape index (κ2) is 28.3. The Kier molecular flexibility index (Phi) is 25.9. The molecule has 1 aromatic carbocycles. The zero-order chi connectivity index (χ0) is 30.5. The van der Waals surface area contributed by atoms with E-state index in [0.29, 0.717) is 11.3 Å². The maximum atomic E-state index is 11.7. The zero-order valence-corrected chi connectivity index (χ0v) is 28.2. The molecule has 0 bridgehead atoms. The standard InChI is InChI=1S/C39H70O3/c1-3-5-7-9-11-13-15-17-19-21-23-25-27-29-31-35-33-37(39(41)42)34-36(38(35)40)32-30-28-26-24-22-20-18-16-14-12-10-8-6-4-2/h33-34,40H,3-32H2,1-2H3,(H,41,42). The Balaban J connectivity index is 2.16. The van der Waals surface area contributed by atoms with Crippen LogP contribution in [0.5, 0.6) is 5.75 Å². The molecule has 244 valence electrons. The van der Waals surface area contributed by atoms with Crippen molar-refractivity contribution >= 4 is 5.97 Å². The topological polar surface area (TPSA) is 57.5 Å². The zero-order valence-electron chi connectivity index (χ0n) is 28.2. The summed E-state index contributed by atoms with van der Waals surface area (Å²) in [5.41, 5.74) is 1.98. The third kappa shape index (κ3) is 21.2. The molecule has 0 amide bonds. The molecule has 0 aromatic heterocycles. The van der Waals surface area contributed by atoms with E-state index in [1.165, 1.54) is 154 Å². The number of rotatable bonds is 31. The number of aromatic carboxylic acids is 1. The predicted molar refractivity (Wildman–Crippen MR) is 183 cm³/mol. The minimum absolute atomic E-state index is 0.327. The number of aromatic hydroxyl groups is 1. The highest BCUT2D eigenvalue weighted by Crippen LogP contribution is 2.29. The van der Waals surface area contributed by atoms with Crippen LogP contribution in [0.3, 0.4) is 0 Å². The summed E-state index contributed by atoms with van der Waals surface area (Å²) in [6.07, 6.45) is 38.6. The molecule has 3 heteroatoms. The van der Waals surface area contributed by atoms with Crippen LogP contribution in [-0.4, -0.2) is 16.2 Å². The van der Waals surface area contributed by atoms with E-state index < -0.39 is 5.97 Å². The number of phenols is 1. The van der Waals surface area contributed by atoms with E-state index in [9.17, 15) is 15.0 Å². The van der Waals surface area contributed by atoms with Gasteiger partial charge in [0.25, 0.3) is 0 Å². The van der Waals surface area contributed by atoms with Crippen molar-refractivity contribution < 1.29 is 15.0 Å². The largest absolute Gasteiger partial charge is 0.507 e. The number of aryl methyl sites for hydroxylation is 2. The number of unbranched alkanes of at least 4 members (excludes halogenated alkanes) is 26. The minimum Gasteiger partial charge on any atom is -0.507 e. The lowest BCUT2D eigenvalue weighted by molar-refractivity contribution is 0.0696. The minimum atomic E-state index is -0.889. The van der Waals surface area contributed by atoms with Crippen molar-refractivity contribution in [3.63, 3.8) is 0 Å². The lowest BCUT2D eigenvalue weighted by Crippen LogP contribution is -2.02. The number of carboxylic acid groups (broad SMARTS) is 1. The monoisotopic (exact) mass is 587 g/mol. The van der Waals surface area contributed by atoms with Gasteiger partial charge in [0.1, 0.15) is 5.75 Å². The molecule has 1 aromatic rings. The molecule has 0 spiro atoms. The summed E-state index contributed by atoms with van der Waals surface area (Å²) in [4.78, 5) is 11.7. The van der Waals surface area contributed by atoms with Crippen LogP contribution in [0.4, 0.5) is 0 Å². The van der Waals surface area contributed by atoms with Crippen molar-refractivity contribution in [3.05, 3.63) is 28.8 Å². The first-order valence-electron chi connectivity index (χ1n) is 18.7. The Morgan fingerprint density at radius 3 is 0.929 bits per heavy atom. The van der Waals surface area contributed by atoms with E-state index in [4.69, 9.17) is 0 Å². The highest BCUT2D eigenvalue weighted by molar-refractivity contribution is 5.88. The lowest BCUT2D eigenvalue weighted by Gasteiger charge is -2.12. The van der Waals surface area contributed by atoms with E-state index in [1.807, 2.05) is 0 Å². The number of hydrogen-bond acceptors (Lipinski definition) is 2. The maximum absolute atomic E-state index is 11.7. The van der Waals surface area contributed by atoms with Crippen molar-refractivity contribution in [3.8, 4) is 5.75 Å². The van der Waals surface area contributed by atoms with Gasteiger partial charge in [0.2, 0.25) is 0 Å². The van der Waals surface area contributed by atoms with Crippen molar-refractivity contribution in [2.45, 2.75) is 206 Å². The molecule has 3 nitrogen and oxygen atoms in total. The molecule has 0 aliphatic rings. The van der Waals surface area contributed by atoms with Crippen molar-refractivity contribution in [2.24, 2.45) is 0 Å². The van der Waals surface area contributed by atoms with Crippen molar-refractivity contribution in [1.29, 1.82) is 0 Å². The first kappa shape index (κ1) is 38.5. The first-order chi connectivity index (χ1) is 20.6. The van der Waals surface area contributed by atoms with Gasteiger partial charge in [-0.3, -0.25) is 0 Å². The first-order valence-corrected chi connectivity index (χ1v) is 18.7. The Labute approximate surface area is 261 Å². The van der Waals surface area contributed by atoms with Crippen LogP contribution < -0.4 is 0 Å².